The zero-order valence-electron chi connectivity index (χ0n) is 12.9. The average Bonchev–Trinajstić information content (AvgIpc) is 2.55. The molecule has 116 valence electrons. The lowest BCUT2D eigenvalue weighted by molar-refractivity contribution is 0.355. The van der Waals surface area contributed by atoms with Crippen LogP contribution in [0.5, 0.6) is 11.5 Å². The van der Waals surface area contributed by atoms with E-state index in [1.165, 1.54) is 0 Å². The van der Waals surface area contributed by atoms with Gasteiger partial charge in [0.2, 0.25) is 0 Å². The highest BCUT2D eigenvalue weighted by atomic mass is 35.5. The van der Waals surface area contributed by atoms with Crippen LogP contribution >= 0.6 is 11.6 Å². The summed E-state index contributed by atoms with van der Waals surface area (Å²) in [6, 6.07) is 13.4. The molecular formula is C17H19ClN2O2. The molecule has 0 heterocycles. The number of ether oxygens (including phenoxy) is 2. The zero-order chi connectivity index (χ0) is 15.9. The second-order valence-electron chi connectivity index (χ2n) is 4.73. The molecule has 0 aliphatic rings. The first kappa shape index (κ1) is 16.2. The quantitative estimate of drug-likeness (QED) is 0.649. The molecule has 0 aliphatic carbocycles. The predicted octanol–water partition coefficient (Wildman–Crippen LogP) is 3.87. The number of rotatable bonds is 6. The minimum absolute atomic E-state index is 0.641. The lowest BCUT2D eigenvalue weighted by Gasteiger charge is -2.09. The van der Waals surface area contributed by atoms with Crippen LogP contribution in [0.2, 0.25) is 5.02 Å². The van der Waals surface area contributed by atoms with Crippen LogP contribution in [0, 0.1) is 0 Å². The molecule has 0 saturated heterocycles. The number of hydrazone groups is 1. The van der Waals surface area contributed by atoms with Gasteiger partial charge in [-0.05, 0) is 42.8 Å². The van der Waals surface area contributed by atoms with Crippen LogP contribution in [-0.2, 0) is 6.54 Å². The largest absolute Gasteiger partial charge is 0.493 e. The zero-order valence-corrected chi connectivity index (χ0v) is 13.6. The van der Waals surface area contributed by atoms with E-state index in [0.29, 0.717) is 18.0 Å². The molecule has 2 aromatic carbocycles. The van der Waals surface area contributed by atoms with Gasteiger partial charge in [-0.2, -0.15) is 5.10 Å². The van der Waals surface area contributed by atoms with E-state index in [4.69, 9.17) is 21.1 Å². The molecule has 2 rings (SSSR count). The van der Waals surface area contributed by atoms with Crippen molar-refractivity contribution in [3.63, 3.8) is 0 Å². The highest BCUT2D eigenvalue weighted by molar-refractivity contribution is 6.30. The van der Waals surface area contributed by atoms with Crippen LogP contribution in [0.4, 0.5) is 0 Å². The van der Waals surface area contributed by atoms with E-state index in [1.807, 2.05) is 49.4 Å². The molecule has 4 nitrogen and oxygen atoms in total. The van der Waals surface area contributed by atoms with Gasteiger partial charge in [-0.3, -0.25) is 0 Å². The summed E-state index contributed by atoms with van der Waals surface area (Å²) >= 11 is 5.86. The fourth-order valence-electron chi connectivity index (χ4n) is 1.98. The summed E-state index contributed by atoms with van der Waals surface area (Å²) in [6.45, 7) is 2.58. The minimum Gasteiger partial charge on any atom is -0.493 e. The molecule has 0 spiro atoms. The molecule has 0 aliphatic heterocycles. The van der Waals surface area contributed by atoms with Crippen molar-refractivity contribution >= 4 is 17.3 Å². The highest BCUT2D eigenvalue weighted by Crippen LogP contribution is 2.27. The van der Waals surface area contributed by atoms with Crippen molar-refractivity contribution in [2.45, 2.75) is 13.5 Å². The summed E-state index contributed by atoms with van der Waals surface area (Å²) in [4.78, 5) is 0. The third-order valence-electron chi connectivity index (χ3n) is 3.24. The Balaban J connectivity index is 2.04. The number of hydrogen-bond donors (Lipinski definition) is 1. The number of hydrogen-bond acceptors (Lipinski definition) is 4. The molecule has 0 atom stereocenters. The number of nitrogens with one attached hydrogen (secondary N) is 1. The van der Waals surface area contributed by atoms with Crippen molar-refractivity contribution in [3.8, 4) is 11.5 Å². The summed E-state index contributed by atoms with van der Waals surface area (Å²) in [5.41, 5.74) is 6.02. The van der Waals surface area contributed by atoms with E-state index in [-0.39, 0.29) is 0 Å². The van der Waals surface area contributed by atoms with Gasteiger partial charge < -0.3 is 14.9 Å². The lowest BCUT2D eigenvalue weighted by atomic mass is 10.1. The fraction of sp³-hybridized carbons (Fsp3) is 0.235. The first-order valence-electron chi connectivity index (χ1n) is 6.88. The van der Waals surface area contributed by atoms with Gasteiger partial charge in [0.05, 0.1) is 26.5 Å². The van der Waals surface area contributed by atoms with Gasteiger partial charge in [-0.1, -0.05) is 23.7 Å². The van der Waals surface area contributed by atoms with Gasteiger partial charge in [-0.15, -0.1) is 0 Å². The van der Waals surface area contributed by atoms with Gasteiger partial charge in [0, 0.05) is 10.6 Å². The molecule has 22 heavy (non-hydrogen) atoms. The molecule has 0 amide bonds. The van der Waals surface area contributed by atoms with Gasteiger partial charge in [0.15, 0.2) is 11.5 Å². The maximum Gasteiger partial charge on any atom is 0.161 e. The molecule has 2 aromatic rings. The van der Waals surface area contributed by atoms with E-state index in [0.717, 1.165) is 21.9 Å². The Morgan fingerprint density at radius 2 is 1.73 bits per heavy atom. The Morgan fingerprint density at radius 3 is 2.36 bits per heavy atom. The Hall–Kier alpha value is -2.20. The van der Waals surface area contributed by atoms with Crippen molar-refractivity contribution in [1.82, 2.24) is 5.43 Å². The van der Waals surface area contributed by atoms with Crippen molar-refractivity contribution < 1.29 is 9.47 Å². The smallest absolute Gasteiger partial charge is 0.161 e. The van der Waals surface area contributed by atoms with Crippen molar-refractivity contribution in [3.05, 3.63) is 58.6 Å². The van der Waals surface area contributed by atoms with Gasteiger partial charge in [0.25, 0.3) is 0 Å². The van der Waals surface area contributed by atoms with E-state index in [2.05, 4.69) is 10.5 Å². The maximum atomic E-state index is 5.86. The van der Waals surface area contributed by atoms with Crippen LogP contribution < -0.4 is 14.9 Å². The van der Waals surface area contributed by atoms with Gasteiger partial charge >= 0.3 is 0 Å². The van der Waals surface area contributed by atoms with Crippen molar-refractivity contribution in [2.24, 2.45) is 5.10 Å². The Kier molecular flexibility index (Phi) is 5.67. The highest BCUT2D eigenvalue weighted by Gasteiger charge is 2.06. The molecule has 0 bridgehead atoms. The van der Waals surface area contributed by atoms with Crippen LogP contribution in [0.25, 0.3) is 0 Å². The van der Waals surface area contributed by atoms with Crippen molar-refractivity contribution in [1.29, 1.82) is 0 Å². The molecule has 0 aromatic heterocycles. The molecule has 0 fully saturated rings. The molecule has 0 unspecified atom stereocenters. The molecule has 5 heteroatoms. The lowest BCUT2D eigenvalue weighted by Crippen LogP contribution is -2.09. The maximum absolute atomic E-state index is 5.86. The number of halogens is 1. The summed E-state index contributed by atoms with van der Waals surface area (Å²) < 4.78 is 10.5. The average molecular weight is 319 g/mol. The van der Waals surface area contributed by atoms with Crippen LogP contribution in [-0.4, -0.2) is 19.9 Å². The molecule has 0 radical (unpaired) electrons. The first-order chi connectivity index (χ1) is 10.6. The normalized spacial score (nSPS) is 11.2. The Bertz CT molecular complexity index is 654. The van der Waals surface area contributed by atoms with Gasteiger partial charge in [0.1, 0.15) is 0 Å². The van der Waals surface area contributed by atoms with Crippen molar-refractivity contribution in [2.75, 3.05) is 14.2 Å². The van der Waals surface area contributed by atoms with E-state index < -0.39 is 0 Å². The molecule has 0 saturated carbocycles. The topological polar surface area (TPSA) is 42.8 Å². The standard InChI is InChI=1S/C17H19ClN2O2/c1-12(14-6-9-16(21-2)17(10-14)22-3)20-19-11-13-4-7-15(18)8-5-13/h4-10,19H,11H2,1-3H3/b20-12-. The second kappa shape index (κ2) is 7.71. The summed E-state index contributed by atoms with van der Waals surface area (Å²) in [5, 5.41) is 5.11. The third-order valence-corrected chi connectivity index (χ3v) is 3.50. The van der Waals surface area contributed by atoms with Crippen LogP contribution in [0.1, 0.15) is 18.1 Å². The van der Waals surface area contributed by atoms with Crippen LogP contribution in [0.3, 0.4) is 0 Å². The predicted molar refractivity (Wildman–Crippen MR) is 90.0 cm³/mol. The fourth-order valence-corrected chi connectivity index (χ4v) is 2.10. The van der Waals surface area contributed by atoms with E-state index >= 15 is 0 Å². The third kappa shape index (κ3) is 4.15. The Labute approximate surface area is 135 Å². The Morgan fingerprint density at radius 1 is 1.05 bits per heavy atom. The minimum atomic E-state index is 0.641. The monoisotopic (exact) mass is 318 g/mol. The summed E-state index contributed by atoms with van der Waals surface area (Å²) in [7, 11) is 3.24. The number of methoxy groups -OCH3 is 2. The van der Waals surface area contributed by atoms with E-state index in [9.17, 15) is 0 Å². The second-order valence-corrected chi connectivity index (χ2v) is 5.16. The molecule has 1 N–H and O–H groups in total. The number of benzene rings is 2. The SMILES string of the molecule is COc1ccc(/C(C)=N\NCc2ccc(Cl)cc2)cc1OC. The molecular weight excluding hydrogens is 300 g/mol. The van der Waals surface area contributed by atoms with Crippen LogP contribution in [0.15, 0.2) is 47.6 Å². The van der Waals surface area contributed by atoms with E-state index in [1.54, 1.807) is 14.2 Å². The number of nitrogens with zero attached hydrogens (tertiary/aromatic N) is 1. The summed E-state index contributed by atoms with van der Waals surface area (Å²) in [5.74, 6) is 1.39. The van der Waals surface area contributed by atoms with Gasteiger partial charge in [-0.25, -0.2) is 0 Å². The summed E-state index contributed by atoms with van der Waals surface area (Å²) in [6.07, 6.45) is 0. The first-order valence-corrected chi connectivity index (χ1v) is 7.26.